The van der Waals surface area contributed by atoms with Crippen LogP contribution in [-0.2, 0) is 9.53 Å². The van der Waals surface area contributed by atoms with Gasteiger partial charge in [-0.2, -0.15) is 4.79 Å². The summed E-state index contributed by atoms with van der Waals surface area (Å²) in [7, 11) is 0. The Hall–Kier alpha value is -1.68. The Labute approximate surface area is 119 Å². The van der Waals surface area contributed by atoms with Crippen molar-refractivity contribution < 1.29 is 19.1 Å². The molecule has 0 unspecified atom stereocenters. The van der Waals surface area contributed by atoms with E-state index in [2.05, 4.69) is 10.1 Å². The summed E-state index contributed by atoms with van der Waals surface area (Å²) < 4.78 is 5.17. The molecule has 6 nitrogen and oxygen atoms in total. The van der Waals surface area contributed by atoms with E-state index in [4.69, 9.17) is 10.3 Å². The van der Waals surface area contributed by atoms with Gasteiger partial charge in [0.15, 0.2) is 0 Å². The van der Waals surface area contributed by atoms with Crippen molar-refractivity contribution in [2.45, 2.75) is 52.1 Å². The van der Waals surface area contributed by atoms with Gasteiger partial charge in [0.2, 0.25) is 5.78 Å². The lowest BCUT2D eigenvalue weighted by atomic mass is 9.80. The number of hydrogen-bond acceptors (Lipinski definition) is 3. The molecule has 0 radical (unpaired) electrons. The second-order valence-corrected chi connectivity index (χ2v) is 6.25. The molecule has 0 aliphatic heterocycles. The molecule has 6 heteroatoms. The van der Waals surface area contributed by atoms with Gasteiger partial charge in [-0.15, -0.1) is 0 Å². The molecule has 1 rings (SSSR count). The van der Waals surface area contributed by atoms with E-state index in [0.29, 0.717) is 12.5 Å². The molecule has 1 saturated carbocycles. The maximum absolute atomic E-state index is 11.5. The highest BCUT2D eigenvalue weighted by Gasteiger charge is 2.27. The standard InChI is InChI=1S/C14H23N3O3/c1-14(2,3)20-13(19)16-8-10-4-6-11(7-5-10)12(18)9-17-15/h9-11H,4-8H2,1-3H3,(H,16,19)/t10-,11-. The molecule has 1 amide bonds. The third-order valence-electron chi connectivity index (χ3n) is 3.37. The highest BCUT2D eigenvalue weighted by Crippen LogP contribution is 2.28. The third kappa shape index (κ3) is 5.97. The minimum Gasteiger partial charge on any atom is -0.444 e. The average Bonchev–Trinajstić information content (AvgIpc) is 2.35. The predicted octanol–water partition coefficient (Wildman–Crippen LogP) is 2.19. The monoisotopic (exact) mass is 281 g/mol. The van der Waals surface area contributed by atoms with Gasteiger partial charge in [0.1, 0.15) is 5.60 Å². The van der Waals surface area contributed by atoms with Crippen LogP contribution in [0.2, 0.25) is 0 Å². The van der Waals surface area contributed by atoms with Crippen LogP contribution in [0.1, 0.15) is 46.5 Å². The summed E-state index contributed by atoms with van der Waals surface area (Å²) in [5.74, 6) is 0.201. The maximum atomic E-state index is 11.5. The SMILES string of the molecule is CC(C)(C)OC(=O)NC[C@H]1CC[C@H](C(=O)C=[N+]=[N-])CC1. The lowest BCUT2D eigenvalue weighted by Gasteiger charge is -2.27. The van der Waals surface area contributed by atoms with Gasteiger partial charge in [-0.1, -0.05) is 0 Å². The summed E-state index contributed by atoms with van der Waals surface area (Å²) in [6.07, 6.45) is 3.88. The van der Waals surface area contributed by atoms with Crippen molar-refractivity contribution in [3.63, 3.8) is 0 Å². The molecule has 1 N–H and O–H groups in total. The van der Waals surface area contributed by atoms with E-state index in [9.17, 15) is 9.59 Å². The maximum Gasteiger partial charge on any atom is 0.407 e. The second kappa shape index (κ2) is 7.20. The zero-order valence-corrected chi connectivity index (χ0v) is 12.4. The Morgan fingerprint density at radius 3 is 2.40 bits per heavy atom. The number of rotatable bonds is 4. The minimum atomic E-state index is -0.488. The summed E-state index contributed by atoms with van der Waals surface area (Å²) in [5.41, 5.74) is 7.86. The van der Waals surface area contributed by atoms with Crippen LogP contribution in [-0.4, -0.2) is 35.0 Å². The number of carbonyl (C=O) groups is 2. The van der Waals surface area contributed by atoms with Crippen molar-refractivity contribution in [1.29, 1.82) is 0 Å². The Bertz CT molecular complexity index is 400. The molecule has 0 saturated heterocycles. The molecule has 0 bridgehead atoms. The molecule has 0 aromatic rings. The fourth-order valence-electron chi connectivity index (χ4n) is 2.36. The van der Waals surface area contributed by atoms with E-state index in [1.165, 1.54) is 0 Å². The lowest BCUT2D eigenvalue weighted by Crippen LogP contribution is -2.36. The van der Waals surface area contributed by atoms with E-state index in [1.807, 2.05) is 20.8 Å². The molecule has 112 valence electrons. The molecule has 0 heterocycles. The molecule has 0 atom stereocenters. The number of carbonyl (C=O) groups excluding carboxylic acids is 2. The first-order valence-electron chi connectivity index (χ1n) is 7.00. The normalized spacial score (nSPS) is 22.6. The summed E-state index contributed by atoms with van der Waals surface area (Å²) in [5, 5.41) is 2.77. The largest absolute Gasteiger partial charge is 0.444 e. The number of alkyl carbamates (subject to hydrolysis) is 1. The van der Waals surface area contributed by atoms with Crippen LogP contribution >= 0.6 is 0 Å². The topological polar surface area (TPSA) is 91.8 Å². The Balaban J connectivity index is 2.28. The number of Topliss-reactive ketones (excluding diaryl/α,β-unsaturated/α-hetero) is 1. The molecule has 1 aliphatic carbocycles. The van der Waals surface area contributed by atoms with Crippen LogP contribution in [0.25, 0.3) is 5.53 Å². The first kappa shape index (κ1) is 16.4. The summed E-state index contributed by atoms with van der Waals surface area (Å²) in [6, 6.07) is 0. The third-order valence-corrected chi connectivity index (χ3v) is 3.37. The fourth-order valence-corrected chi connectivity index (χ4v) is 2.36. The number of amides is 1. The highest BCUT2D eigenvalue weighted by molar-refractivity contribution is 6.26. The van der Waals surface area contributed by atoms with Crippen molar-refractivity contribution in [1.82, 2.24) is 5.32 Å². The lowest BCUT2D eigenvalue weighted by molar-refractivity contribution is -0.120. The Morgan fingerprint density at radius 1 is 1.30 bits per heavy atom. The Morgan fingerprint density at radius 2 is 1.90 bits per heavy atom. The molecule has 1 aliphatic rings. The second-order valence-electron chi connectivity index (χ2n) is 6.25. The molecular formula is C14H23N3O3. The number of ether oxygens (including phenoxy) is 1. The minimum absolute atomic E-state index is 0.0522. The van der Waals surface area contributed by atoms with E-state index in [1.54, 1.807) is 0 Å². The molecule has 0 aromatic heterocycles. The van der Waals surface area contributed by atoms with Gasteiger partial charge >= 0.3 is 12.3 Å². The number of nitrogens with one attached hydrogen (secondary N) is 1. The molecule has 0 aromatic carbocycles. The summed E-state index contributed by atoms with van der Waals surface area (Å²) in [4.78, 5) is 25.8. The van der Waals surface area contributed by atoms with Crippen LogP contribution < -0.4 is 5.32 Å². The summed E-state index contributed by atoms with van der Waals surface area (Å²) in [6.45, 7) is 6.05. The van der Waals surface area contributed by atoms with Gasteiger partial charge in [-0.05, 0) is 52.4 Å². The number of hydrogen-bond donors (Lipinski definition) is 1. The van der Waals surface area contributed by atoms with Crippen LogP contribution in [0.3, 0.4) is 0 Å². The first-order valence-corrected chi connectivity index (χ1v) is 7.00. The molecule has 1 fully saturated rings. The zero-order chi connectivity index (χ0) is 15.2. The quantitative estimate of drug-likeness (QED) is 0.486. The first-order chi connectivity index (χ1) is 9.31. The van der Waals surface area contributed by atoms with Gasteiger partial charge in [-0.25, -0.2) is 4.79 Å². The number of nitrogens with zero attached hydrogens (tertiary/aromatic N) is 2. The van der Waals surface area contributed by atoms with Crippen LogP contribution in [0.5, 0.6) is 0 Å². The van der Waals surface area contributed by atoms with Crippen molar-refractivity contribution in [3.8, 4) is 0 Å². The van der Waals surface area contributed by atoms with Gasteiger partial charge < -0.3 is 15.6 Å². The molecule has 20 heavy (non-hydrogen) atoms. The smallest absolute Gasteiger partial charge is 0.407 e. The highest BCUT2D eigenvalue weighted by atomic mass is 16.6. The average molecular weight is 281 g/mol. The van der Waals surface area contributed by atoms with Crippen LogP contribution in [0.4, 0.5) is 4.79 Å². The van der Waals surface area contributed by atoms with Crippen LogP contribution in [0.15, 0.2) is 0 Å². The van der Waals surface area contributed by atoms with E-state index in [0.717, 1.165) is 31.9 Å². The Kier molecular flexibility index (Phi) is 5.89. The fraction of sp³-hybridized carbons (Fsp3) is 0.786. The van der Waals surface area contributed by atoms with Gasteiger partial charge in [0.25, 0.3) is 0 Å². The summed E-state index contributed by atoms with van der Waals surface area (Å²) >= 11 is 0. The molecular weight excluding hydrogens is 258 g/mol. The van der Waals surface area contributed by atoms with Crippen molar-refractivity contribution in [3.05, 3.63) is 5.53 Å². The van der Waals surface area contributed by atoms with Gasteiger partial charge in [-0.3, -0.25) is 4.79 Å². The van der Waals surface area contributed by atoms with Crippen molar-refractivity contribution >= 4 is 18.1 Å². The van der Waals surface area contributed by atoms with E-state index >= 15 is 0 Å². The van der Waals surface area contributed by atoms with Gasteiger partial charge in [0.05, 0.1) is 0 Å². The van der Waals surface area contributed by atoms with E-state index in [-0.39, 0.29) is 11.7 Å². The van der Waals surface area contributed by atoms with Crippen LogP contribution in [0, 0.1) is 11.8 Å². The van der Waals surface area contributed by atoms with Gasteiger partial charge in [0, 0.05) is 12.5 Å². The molecule has 0 spiro atoms. The van der Waals surface area contributed by atoms with Crippen molar-refractivity contribution in [2.24, 2.45) is 11.8 Å². The van der Waals surface area contributed by atoms with E-state index < -0.39 is 11.7 Å². The predicted molar refractivity (Wildman–Crippen MR) is 74.4 cm³/mol. The number of ketones is 1. The van der Waals surface area contributed by atoms with Crippen molar-refractivity contribution in [2.75, 3.05) is 6.54 Å². The zero-order valence-electron chi connectivity index (χ0n) is 12.4.